The fourth-order valence-electron chi connectivity index (χ4n) is 2.10. The number of esters is 2. The molecule has 0 fully saturated rings. The topological polar surface area (TPSA) is 76.4 Å². The third-order valence-corrected chi connectivity index (χ3v) is 3.11. The van der Waals surface area contributed by atoms with E-state index in [1.54, 1.807) is 13.8 Å². The number of rotatable bonds is 7. The number of nitrogens with zero attached hydrogens (tertiary/aromatic N) is 1. The molecule has 0 amide bonds. The minimum atomic E-state index is -1.44. The molecule has 0 aliphatic carbocycles. The van der Waals surface area contributed by atoms with Crippen molar-refractivity contribution < 1.29 is 23.5 Å². The van der Waals surface area contributed by atoms with Crippen molar-refractivity contribution in [3.8, 4) is 6.07 Å². The van der Waals surface area contributed by atoms with Gasteiger partial charge in [-0.1, -0.05) is 12.1 Å². The van der Waals surface area contributed by atoms with Crippen LogP contribution in [0.15, 0.2) is 24.3 Å². The van der Waals surface area contributed by atoms with Crippen LogP contribution in [0.25, 0.3) is 0 Å². The van der Waals surface area contributed by atoms with Crippen LogP contribution >= 0.6 is 0 Å². The first kappa shape index (κ1) is 17.6. The highest BCUT2D eigenvalue weighted by molar-refractivity contribution is 5.77. The predicted molar refractivity (Wildman–Crippen MR) is 76.2 cm³/mol. The molecule has 0 bridgehead atoms. The summed E-state index contributed by atoms with van der Waals surface area (Å²) in [4.78, 5) is 23.6. The summed E-state index contributed by atoms with van der Waals surface area (Å²) in [7, 11) is 0. The highest BCUT2D eigenvalue weighted by Gasteiger charge is 2.38. The normalized spacial score (nSPS) is 10.6. The summed E-state index contributed by atoms with van der Waals surface area (Å²) in [5, 5.41) is 9.57. The van der Waals surface area contributed by atoms with E-state index < -0.39 is 23.2 Å². The smallest absolute Gasteiger partial charge is 0.307 e. The zero-order chi connectivity index (χ0) is 16.6. The number of carbonyl (C=O) groups excluding carboxylic acids is 2. The molecule has 0 N–H and O–H groups in total. The van der Waals surface area contributed by atoms with Gasteiger partial charge in [0.15, 0.2) is 0 Å². The summed E-state index contributed by atoms with van der Waals surface area (Å²) in [5.74, 6) is -1.67. The molecule has 0 spiro atoms. The van der Waals surface area contributed by atoms with Gasteiger partial charge in [0.2, 0.25) is 0 Å². The van der Waals surface area contributed by atoms with Gasteiger partial charge in [0.1, 0.15) is 11.2 Å². The van der Waals surface area contributed by atoms with Gasteiger partial charge in [0.05, 0.1) is 32.1 Å². The zero-order valence-corrected chi connectivity index (χ0v) is 12.6. The number of ether oxygens (including phenoxy) is 2. The van der Waals surface area contributed by atoms with Gasteiger partial charge in [-0.25, -0.2) is 4.39 Å². The maximum atomic E-state index is 13.1. The first-order valence-corrected chi connectivity index (χ1v) is 6.96. The van der Waals surface area contributed by atoms with E-state index in [0.29, 0.717) is 5.56 Å². The van der Waals surface area contributed by atoms with Crippen molar-refractivity contribution in [1.82, 2.24) is 0 Å². The Labute approximate surface area is 128 Å². The molecule has 0 heterocycles. The lowest BCUT2D eigenvalue weighted by Crippen LogP contribution is -2.32. The Kier molecular flexibility index (Phi) is 6.51. The third-order valence-electron chi connectivity index (χ3n) is 3.11. The molecule has 5 nitrogen and oxygen atoms in total. The minimum Gasteiger partial charge on any atom is -0.466 e. The molecule has 0 aromatic heterocycles. The van der Waals surface area contributed by atoms with Crippen LogP contribution in [0.3, 0.4) is 0 Å². The lowest BCUT2D eigenvalue weighted by Gasteiger charge is -2.25. The summed E-state index contributed by atoms with van der Waals surface area (Å²) in [6.45, 7) is 3.64. The van der Waals surface area contributed by atoms with Crippen molar-refractivity contribution in [2.24, 2.45) is 0 Å². The van der Waals surface area contributed by atoms with E-state index in [-0.39, 0.29) is 26.1 Å². The second kappa shape index (κ2) is 8.13. The molecule has 0 aliphatic heterocycles. The average molecular weight is 307 g/mol. The Bertz CT molecular complexity index is 543. The molecule has 1 aromatic carbocycles. The van der Waals surface area contributed by atoms with Gasteiger partial charge in [-0.2, -0.15) is 5.26 Å². The molecule has 0 saturated carbocycles. The number of hydrogen-bond acceptors (Lipinski definition) is 5. The fourth-order valence-corrected chi connectivity index (χ4v) is 2.10. The van der Waals surface area contributed by atoms with E-state index in [4.69, 9.17) is 9.47 Å². The first-order chi connectivity index (χ1) is 10.5. The summed E-state index contributed by atoms with van der Waals surface area (Å²) < 4.78 is 22.8. The maximum Gasteiger partial charge on any atom is 0.307 e. The van der Waals surface area contributed by atoms with Gasteiger partial charge in [-0.15, -0.1) is 0 Å². The third kappa shape index (κ3) is 4.55. The number of nitriles is 1. The fraction of sp³-hybridized carbons (Fsp3) is 0.438. The van der Waals surface area contributed by atoms with Crippen molar-refractivity contribution in [2.75, 3.05) is 13.2 Å². The first-order valence-electron chi connectivity index (χ1n) is 6.96. The molecule has 0 atom stereocenters. The zero-order valence-electron chi connectivity index (χ0n) is 12.6. The Morgan fingerprint density at radius 1 is 1.09 bits per heavy atom. The molecule has 1 aromatic rings. The van der Waals surface area contributed by atoms with Crippen LogP contribution < -0.4 is 0 Å². The highest BCUT2D eigenvalue weighted by atomic mass is 19.1. The Morgan fingerprint density at radius 3 is 1.91 bits per heavy atom. The molecule has 22 heavy (non-hydrogen) atoms. The molecule has 1 rings (SSSR count). The Hall–Kier alpha value is -2.42. The largest absolute Gasteiger partial charge is 0.466 e. The van der Waals surface area contributed by atoms with E-state index in [9.17, 15) is 19.2 Å². The van der Waals surface area contributed by atoms with E-state index in [1.165, 1.54) is 24.3 Å². The molecule has 6 heteroatoms. The molecular formula is C16H18FNO4. The SMILES string of the molecule is CCOC(=O)CC(C#N)(CC(=O)OCC)c1ccc(F)cc1. The molecule has 118 valence electrons. The number of benzene rings is 1. The predicted octanol–water partition coefficient (Wildman–Crippen LogP) is 2.49. The molecular weight excluding hydrogens is 289 g/mol. The van der Waals surface area contributed by atoms with Crippen molar-refractivity contribution in [1.29, 1.82) is 5.26 Å². The van der Waals surface area contributed by atoms with Gasteiger partial charge in [0.25, 0.3) is 0 Å². The summed E-state index contributed by atoms with van der Waals surface area (Å²) in [5.41, 5.74) is -1.07. The van der Waals surface area contributed by atoms with Crippen LogP contribution in [-0.4, -0.2) is 25.2 Å². The monoisotopic (exact) mass is 307 g/mol. The van der Waals surface area contributed by atoms with Gasteiger partial charge >= 0.3 is 11.9 Å². The molecule has 0 unspecified atom stereocenters. The lowest BCUT2D eigenvalue weighted by molar-refractivity contribution is -0.146. The quantitative estimate of drug-likeness (QED) is 0.723. The Balaban J connectivity index is 3.16. The van der Waals surface area contributed by atoms with E-state index in [2.05, 4.69) is 0 Å². The minimum absolute atomic E-state index is 0.170. The molecule has 0 radical (unpaired) electrons. The van der Waals surface area contributed by atoms with Gasteiger partial charge in [0, 0.05) is 0 Å². The molecule has 0 aliphatic rings. The van der Waals surface area contributed by atoms with E-state index in [0.717, 1.165) is 0 Å². The van der Waals surface area contributed by atoms with Crippen molar-refractivity contribution >= 4 is 11.9 Å². The van der Waals surface area contributed by atoms with Crippen LogP contribution in [0.5, 0.6) is 0 Å². The average Bonchev–Trinajstić information content (AvgIpc) is 2.47. The lowest BCUT2D eigenvalue weighted by atomic mass is 9.76. The second-order valence-electron chi connectivity index (χ2n) is 4.66. The van der Waals surface area contributed by atoms with Crippen molar-refractivity contribution in [2.45, 2.75) is 32.1 Å². The van der Waals surface area contributed by atoms with Crippen molar-refractivity contribution in [3.63, 3.8) is 0 Å². The van der Waals surface area contributed by atoms with Crippen molar-refractivity contribution in [3.05, 3.63) is 35.6 Å². The highest BCUT2D eigenvalue weighted by Crippen LogP contribution is 2.32. The van der Waals surface area contributed by atoms with Gasteiger partial charge in [-0.3, -0.25) is 9.59 Å². The maximum absolute atomic E-state index is 13.1. The van der Waals surface area contributed by atoms with Gasteiger partial charge in [-0.05, 0) is 31.5 Å². The number of halogens is 1. The summed E-state index contributed by atoms with van der Waals surface area (Å²) in [6, 6.07) is 7.13. The number of carbonyl (C=O) groups is 2. The van der Waals surface area contributed by atoms with Crippen LogP contribution in [0.2, 0.25) is 0 Å². The standard InChI is InChI=1S/C16H18FNO4/c1-3-21-14(19)9-16(11-18,10-15(20)22-4-2)12-5-7-13(17)8-6-12/h5-8H,3-4,9-10H2,1-2H3. The van der Waals surface area contributed by atoms with Crippen LogP contribution in [0.1, 0.15) is 32.3 Å². The van der Waals surface area contributed by atoms with E-state index >= 15 is 0 Å². The van der Waals surface area contributed by atoms with Crippen LogP contribution in [-0.2, 0) is 24.5 Å². The molecule has 0 saturated heterocycles. The van der Waals surface area contributed by atoms with Crippen LogP contribution in [0.4, 0.5) is 4.39 Å². The van der Waals surface area contributed by atoms with Gasteiger partial charge < -0.3 is 9.47 Å². The second-order valence-corrected chi connectivity index (χ2v) is 4.66. The summed E-state index contributed by atoms with van der Waals surface area (Å²) >= 11 is 0. The van der Waals surface area contributed by atoms with E-state index in [1.807, 2.05) is 6.07 Å². The summed E-state index contributed by atoms with van der Waals surface area (Å²) in [6.07, 6.45) is -0.608. The Morgan fingerprint density at radius 2 is 1.55 bits per heavy atom. The number of hydrogen-bond donors (Lipinski definition) is 0. The van der Waals surface area contributed by atoms with Crippen LogP contribution in [0, 0.1) is 17.1 Å².